The van der Waals surface area contributed by atoms with Crippen molar-refractivity contribution >= 4 is 5.91 Å². The van der Waals surface area contributed by atoms with E-state index in [1.165, 1.54) is 0 Å². The number of hydrogen-bond acceptors (Lipinski definition) is 5. The van der Waals surface area contributed by atoms with Crippen molar-refractivity contribution in [3.63, 3.8) is 0 Å². The Morgan fingerprint density at radius 1 is 0.939 bits per heavy atom. The first-order valence-electron chi connectivity index (χ1n) is 10.7. The summed E-state index contributed by atoms with van der Waals surface area (Å²) in [5.74, 6) is 1.53. The van der Waals surface area contributed by atoms with Crippen molar-refractivity contribution in [1.82, 2.24) is 10.5 Å². The van der Waals surface area contributed by atoms with Crippen LogP contribution < -0.4 is 14.8 Å². The number of methoxy groups -OCH3 is 1. The van der Waals surface area contributed by atoms with Gasteiger partial charge in [0.25, 0.3) is 5.91 Å². The Kier molecular flexibility index (Phi) is 6.74. The zero-order valence-electron chi connectivity index (χ0n) is 18.9. The van der Waals surface area contributed by atoms with Crippen LogP contribution >= 0.6 is 0 Å². The molecule has 0 saturated heterocycles. The summed E-state index contributed by atoms with van der Waals surface area (Å²) in [6, 6.07) is 24.7. The number of aromatic nitrogens is 1. The van der Waals surface area contributed by atoms with E-state index in [-0.39, 0.29) is 11.9 Å². The lowest BCUT2D eigenvalue weighted by Crippen LogP contribution is -2.29. The normalized spacial score (nSPS) is 10.8. The highest BCUT2D eigenvalue weighted by Gasteiger charge is 2.19. The fourth-order valence-electron chi connectivity index (χ4n) is 3.65. The first kappa shape index (κ1) is 22.1. The summed E-state index contributed by atoms with van der Waals surface area (Å²) in [6.45, 7) is 4.02. The lowest BCUT2D eigenvalue weighted by molar-refractivity contribution is 0.0942. The van der Waals surface area contributed by atoms with Crippen molar-refractivity contribution in [2.75, 3.05) is 7.11 Å². The molecule has 0 aliphatic carbocycles. The van der Waals surface area contributed by atoms with Crippen LogP contribution in [0.5, 0.6) is 11.5 Å². The van der Waals surface area contributed by atoms with Crippen molar-refractivity contribution < 1.29 is 18.8 Å². The van der Waals surface area contributed by atoms with E-state index in [1.807, 2.05) is 74.5 Å². The van der Waals surface area contributed by atoms with E-state index in [1.54, 1.807) is 25.3 Å². The van der Waals surface area contributed by atoms with Gasteiger partial charge < -0.3 is 19.3 Å². The molecule has 1 heterocycles. The molecule has 0 fully saturated rings. The number of amides is 1. The lowest BCUT2D eigenvalue weighted by atomic mass is 9.98. The maximum Gasteiger partial charge on any atom is 0.252 e. The molecule has 168 valence electrons. The Morgan fingerprint density at radius 3 is 2.12 bits per heavy atom. The van der Waals surface area contributed by atoms with Gasteiger partial charge in [0.15, 0.2) is 11.5 Å². The molecular formula is C27H26N2O4. The van der Waals surface area contributed by atoms with Crippen molar-refractivity contribution in [2.24, 2.45) is 0 Å². The second kappa shape index (κ2) is 10.0. The summed E-state index contributed by atoms with van der Waals surface area (Å²) in [7, 11) is 1.55. The zero-order chi connectivity index (χ0) is 23.2. The fraction of sp³-hybridized carbons (Fsp3) is 0.185. The van der Waals surface area contributed by atoms with Crippen LogP contribution in [0.25, 0.3) is 0 Å². The summed E-state index contributed by atoms with van der Waals surface area (Å²) >= 11 is 0. The average molecular weight is 443 g/mol. The topological polar surface area (TPSA) is 73.6 Å². The smallest absolute Gasteiger partial charge is 0.252 e. The van der Waals surface area contributed by atoms with Gasteiger partial charge in [-0.05, 0) is 43.2 Å². The van der Waals surface area contributed by atoms with Crippen LogP contribution in [-0.4, -0.2) is 18.2 Å². The summed E-state index contributed by atoms with van der Waals surface area (Å²) in [4.78, 5) is 13.2. The molecule has 0 unspecified atom stereocenters. The molecular weight excluding hydrogens is 416 g/mol. The number of carbonyl (C=O) groups is 1. The van der Waals surface area contributed by atoms with Gasteiger partial charge in [0.1, 0.15) is 12.4 Å². The molecule has 33 heavy (non-hydrogen) atoms. The minimum absolute atomic E-state index is 0.205. The standard InChI is InChI=1S/C27H26N2O4/c1-18-23(19(2)33-29-18)17-32-24-15-14-22(16-25(24)31-3)27(30)28-26(20-10-6-4-7-11-20)21-12-8-5-9-13-21/h4-16,26H,17H2,1-3H3,(H,28,30). The van der Waals surface area contributed by atoms with Crippen molar-refractivity contribution in [3.8, 4) is 11.5 Å². The second-order valence-corrected chi connectivity index (χ2v) is 7.68. The van der Waals surface area contributed by atoms with Crippen LogP contribution in [0.15, 0.2) is 83.4 Å². The maximum atomic E-state index is 13.2. The van der Waals surface area contributed by atoms with Crippen LogP contribution in [0.2, 0.25) is 0 Å². The highest BCUT2D eigenvalue weighted by atomic mass is 16.5. The molecule has 3 aromatic carbocycles. The Balaban J connectivity index is 1.54. The maximum absolute atomic E-state index is 13.2. The van der Waals surface area contributed by atoms with Crippen LogP contribution in [0.3, 0.4) is 0 Å². The highest BCUT2D eigenvalue weighted by molar-refractivity contribution is 5.95. The highest BCUT2D eigenvalue weighted by Crippen LogP contribution is 2.30. The fourth-order valence-corrected chi connectivity index (χ4v) is 3.65. The predicted molar refractivity (Wildman–Crippen MR) is 125 cm³/mol. The Hall–Kier alpha value is -4.06. The summed E-state index contributed by atoms with van der Waals surface area (Å²) in [5.41, 5.74) is 4.17. The van der Waals surface area contributed by atoms with Gasteiger partial charge in [-0.25, -0.2) is 0 Å². The van der Waals surface area contributed by atoms with Gasteiger partial charge in [-0.15, -0.1) is 0 Å². The number of benzene rings is 3. The van der Waals surface area contributed by atoms with Crippen LogP contribution in [0, 0.1) is 13.8 Å². The van der Waals surface area contributed by atoms with Crippen molar-refractivity contribution in [2.45, 2.75) is 26.5 Å². The van der Waals surface area contributed by atoms with Gasteiger partial charge in [0.05, 0.1) is 24.4 Å². The Bertz CT molecular complexity index is 1160. The molecule has 6 heteroatoms. The van der Waals surface area contributed by atoms with Crippen LogP contribution in [0.4, 0.5) is 0 Å². The van der Waals surface area contributed by atoms with E-state index in [4.69, 9.17) is 14.0 Å². The SMILES string of the molecule is COc1cc(C(=O)NC(c2ccccc2)c2ccccc2)ccc1OCc1c(C)noc1C. The van der Waals surface area contributed by atoms with E-state index >= 15 is 0 Å². The molecule has 1 amide bonds. The van der Waals surface area contributed by atoms with Crippen LogP contribution in [-0.2, 0) is 6.61 Å². The molecule has 0 bridgehead atoms. The number of hydrogen-bond donors (Lipinski definition) is 1. The minimum Gasteiger partial charge on any atom is -0.493 e. The van der Waals surface area contributed by atoms with Gasteiger partial charge in [0, 0.05) is 5.56 Å². The van der Waals surface area contributed by atoms with Gasteiger partial charge in [0.2, 0.25) is 0 Å². The molecule has 4 rings (SSSR count). The summed E-state index contributed by atoms with van der Waals surface area (Å²) in [6.07, 6.45) is 0. The van der Waals surface area contributed by atoms with Gasteiger partial charge >= 0.3 is 0 Å². The molecule has 6 nitrogen and oxygen atoms in total. The Morgan fingerprint density at radius 2 is 1.58 bits per heavy atom. The number of rotatable bonds is 8. The van der Waals surface area contributed by atoms with Crippen molar-refractivity contribution in [1.29, 1.82) is 0 Å². The summed E-state index contributed by atoms with van der Waals surface area (Å²) < 4.78 is 16.6. The first-order chi connectivity index (χ1) is 16.1. The van der Waals surface area contributed by atoms with Crippen molar-refractivity contribution in [3.05, 3.63) is 113 Å². The number of aryl methyl sites for hydroxylation is 2. The number of carbonyl (C=O) groups excluding carboxylic acids is 1. The third-order valence-electron chi connectivity index (χ3n) is 5.52. The average Bonchev–Trinajstić information content (AvgIpc) is 3.18. The lowest BCUT2D eigenvalue weighted by Gasteiger charge is -2.20. The van der Waals surface area contributed by atoms with Gasteiger partial charge in [-0.1, -0.05) is 65.8 Å². The molecule has 0 aliphatic heterocycles. The summed E-state index contributed by atoms with van der Waals surface area (Å²) in [5, 5.41) is 7.10. The quantitative estimate of drug-likeness (QED) is 0.396. The largest absolute Gasteiger partial charge is 0.493 e. The van der Waals surface area contributed by atoms with Gasteiger partial charge in [-0.2, -0.15) is 0 Å². The molecule has 0 aliphatic rings. The molecule has 4 aromatic rings. The predicted octanol–water partition coefficient (Wildman–Crippen LogP) is 5.40. The monoisotopic (exact) mass is 442 g/mol. The minimum atomic E-state index is -0.277. The van der Waals surface area contributed by atoms with Crippen LogP contribution in [0.1, 0.15) is 44.5 Å². The first-order valence-corrected chi connectivity index (χ1v) is 10.7. The number of ether oxygens (including phenoxy) is 2. The number of nitrogens with zero attached hydrogens (tertiary/aromatic N) is 1. The van der Waals surface area contributed by atoms with Gasteiger partial charge in [-0.3, -0.25) is 4.79 Å². The third kappa shape index (κ3) is 5.06. The molecule has 0 atom stereocenters. The van der Waals surface area contributed by atoms with E-state index < -0.39 is 0 Å². The number of nitrogens with one attached hydrogen (secondary N) is 1. The van der Waals surface area contributed by atoms with E-state index in [0.29, 0.717) is 23.7 Å². The molecule has 0 saturated carbocycles. The van der Waals surface area contributed by atoms with E-state index in [0.717, 1.165) is 28.1 Å². The second-order valence-electron chi connectivity index (χ2n) is 7.68. The molecule has 1 aromatic heterocycles. The third-order valence-corrected chi connectivity index (χ3v) is 5.52. The molecule has 1 N–H and O–H groups in total. The van der Waals surface area contributed by atoms with E-state index in [2.05, 4.69) is 10.5 Å². The van der Waals surface area contributed by atoms with E-state index in [9.17, 15) is 4.79 Å². The molecule has 0 spiro atoms. The molecule has 0 radical (unpaired) electrons. The Labute approximate surface area is 193 Å². The zero-order valence-corrected chi connectivity index (χ0v) is 18.9.